The summed E-state index contributed by atoms with van der Waals surface area (Å²) in [6.45, 7) is 9.29. The fourth-order valence-corrected chi connectivity index (χ4v) is 5.44. The molecular formula is C30H37N3O5S. The van der Waals surface area contributed by atoms with Gasteiger partial charge in [-0.1, -0.05) is 48.0 Å². The van der Waals surface area contributed by atoms with Crippen LogP contribution in [0.4, 0.5) is 5.69 Å². The topological polar surface area (TPSA) is 96.0 Å². The molecule has 0 aliphatic heterocycles. The van der Waals surface area contributed by atoms with Crippen LogP contribution in [0.2, 0.25) is 0 Å². The molecule has 39 heavy (non-hydrogen) atoms. The molecule has 0 radical (unpaired) electrons. The molecule has 0 saturated heterocycles. The van der Waals surface area contributed by atoms with Gasteiger partial charge >= 0.3 is 0 Å². The summed E-state index contributed by atoms with van der Waals surface area (Å²) in [7, 11) is -4.11. The number of nitrogens with one attached hydrogen (secondary N) is 1. The lowest BCUT2D eigenvalue weighted by Gasteiger charge is -2.32. The van der Waals surface area contributed by atoms with E-state index in [4.69, 9.17) is 4.74 Å². The Balaban J connectivity index is 2.01. The highest BCUT2D eigenvalue weighted by Gasteiger charge is 2.32. The summed E-state index contributed by atoms with van der Waals surface area (Å²) in [6, 6.07) is 21.2. The van der Waals surface area contributed by atoms with Crippen molar-refractivity contribution in [3.8, 4) is 5.75 Å². The van der Waals surface area contributed by atoms with Crippen LogP contribution in [0, 0.1) is 6.92 Å². The average molecular weight is 552 g/mol. The Labute approximate surface area is 231 Å². The summed E-state index contributed by atoms with van der Waals surface area (Å²) in [4.78, 5) is 28.3. The first-order valence-electron chi connectivity index (χ1n) is 13.0. The average Bonchev–Trinajstić information content (AvgIpc) is 2.91. The first-order valence-corrected chi connectivity index (χ1v) is 14.4. The van der Waals surface area contributed by atoms with Gasteiger partial charge in [-0.25, -0.2) is 8.42 Å². The van der Waals surface area contributed by atoms with Crippen LogP contribution in [-0.4, -0.2) is 50.4 Å². The van der Waals surface area contributed by atoms with Crippen LogP contribution in [0.25, 0.3) is 0 Å². The van der Waals surface area contributed by atoms with Crippen molar-refractivity contribution in [3.63, 3.8) is 0 Å². The Bertz CT molecular complexity index is 1340. The number of hydrogen-bond acceptors (Lipinski definition) is 5. The second-order valence-electron chi connectivity index (χ2n) is 9.60. The zero-order valence-corrected chi connectivity index (χ0v) is 23.9. The minimum atomic E-state index is -4.11. The molecular weight excluding hydrogens is 514 g/mol. The number of anilines is 1. The molecule has 3 rings (SSSR count). The second-order valence-corrected chi connectivity index (χ2v) is 11.5. The highest BCUT2D eigenvalue weighted by molar-refractivity contribution is 7.92. The van der Waals surface area contributed by atoms with Crippen molar-refractivity contribution < 1.29 is 22.7 Å². The van der Waals surface area contributed by atoms with Crippen LogP contribution in [0.15, 0.2) is 83.8 Å². The molecule has 1 N–H and O–H groups in total. The number of rotatable bonds is 12. The van der Waals surface area contributed by atoms with E-state index in [1.54, 1.807) is 49.4 Å². The SMILES string of the molecule is CCOc1ccc(N(CC(=O)N(Cc2ccc(C)cc2)[C@@H](C)C(=O)NC(C)C)S(=O)(=O)c2ccccc2)cc1. The number of ether oxygens (including phenoxy) is 1. The molecule has 0 spiro atoms. The van der Waals surface area contributed by atoms with Crippen molar-refractivity contribution in [2.24, 2.45) is 0 Å². The van der Waals surface area contributed by atoms with E-state index in [1.807, 2.05) is 52.0 Å². The molecule has 0 unspecified atom stereocenters. The summed E-state index contributed by atoms with van der Waals surface area (Å²) in [6.07, 6.45) is 0. The van der Waals surface area contributed by atoms with Crippen LogP contribution in [0.3, 0.4) is 0 Å². The van der Waals surface area contributed by atoms with Crippen molar-refractivity contribution in [2.45, 2.75) is 58.1 Å². The minimum Gasteiger partial charge on any atom is -0.494 e. The number of sulfonamides is 1. The van der Waals surface area contributed by atoms with Gasteiger partial charge in [0.2, 0.25) is 11.8 Å². The van der Waals surface area contributed by atoms with Gasteiger partial charge in [0, 0.05) is 12.6 Å². The normalized spacial score (nSPS) is 12.1. The molecule has 9 heteroatoms. The number of carbonyl (C=O) groups is 2. The highest BCUT2D eigenvalue weighted by atomic mass is 32.2. The van der Waals surface area contributed by atoms with E-state index in [0.29, 0.717) is 18.0 Å². The quantitative estimate of drug-likeness (QED) is 0.357. The maximum absolute atomic E-state index is 13.9. The predicted molar refractivity (Wildman–Crippen MR) is 153 cm³/mol. The first kappa shape index (κ1) is 29.7. The summed E-state index contributed by atoms with van der Waals surface area (Å²) in [5, 5.41) is 2.85. The lowest BCUT2D eigenvalue weighted by Crippen LogP contribution is -2.52. The van der Waals surface area contributed by atoms with E-state index >= 15 is 0 Å². The monoisotopic (exact) mass is 551 g/mol. The molecule has 2 amide bonds. The van der Waals surface area contributed by atoms with E-state index < -0.39 is 28.5 Å². The molecule has 3 aromatic carbocycles. The minimum absolute atomic E-state index is 0.0577. The van der Waals surface area contributed by atoms with E-state index in [0.717, 1.165) is 15.4 Å². The third kappa shape index (κ3) is 7.83. The Morgan fingerprint density at radius 3 is 2.08 bits per heavy atom. The molecule has 0 aliphatic carbocycles. The summed E-state index contributed by atoms with van der Waals surface area (Å²) >= 11 is 0. The third-order valence-electron chi connectivity index (χ3n) is 6.12. The maximum Gasteiger partial charge on any atom is 0.264 e. The molecule has 8 nitrogen and oxygen atoms in total. The van der Waals surface area contributed by atoms with Gasteiger partial charge in [0.25, 0.3) is 10.0 Å². The first-order chi connectivity index (χ1) is 18.5. The van der Waals surface area contributed by atoms with Gasteiger partial charge in [0.1, 0.15) is 18.3 Å². The summed E-state index contributed by atoms with van der Waals surface area (Å²) < 4.78 is 34.2. The molecule has 0 saturated carbocycles. The molecule has 0 fully saturated rings. The molecule has 0 aliphatic rings. The largest absolute Gasteiger partial charge is 0.494 e. The lowest BCUT2D eigenvalue weighted by molar-refractivity contribution is -0.139. The van der Waals surface area contributed by atoms with Crippen molar-refractivity contribution >= 4 is 27.5 Å². The van der Waals surface area contributed by atoms with Crippen molar-refractivity contribution in [2.75, 3.05) is 17.5 Å². The number of amides is 2. The second kappa shape index (κ2) is 13.3. The number of carbonyl (C=O) groups excluding carboxylic acids is 2. The van der Waals surface area contributed by atoms with Crippen LogP contribution >= 0.6 is 0 Å². The fraction of sp³-hybridized carbons (Fsp3) is 0.333. The molecule has 3 aromatic rings. The number of nitrogens with zero attached hydrogens (tertiary/aromatic N) is 2. The molecule has 1 atom stereocenters. The molecule has 0 aromatic heterocycles. The predicted octanol–water partition coefficient (Wildman–Crippen LogP) is 4.53. The summed E-state index contributed by atoms with van der Waals surface area (Å²) in [5.74, 6) is -0.232. The number of benzene rings is 3. The Morgan fingerprint density at radius 1 is 0.897 bits per heavy atom. The Hall–Kier alpha value is -3.85. The van der Waals surface area contributed by atoms with Gasteiger partial charge < -0.3 is 15.0 Å². The molecule has 0 bridgehead atoms. The van der Waals surface area contributed by atoms with Gasteiger partial charge in [0.05, 0.1) is 17.2 Å². The van der Waals surface area contributed by atoms with Crippen LogP contribution in [-0.2, 0) is 26.2 Å². The van der Waals surface area contributed by atoms with Crippen molar-refractivity contribution in [1.82, 2.24) is 10.2 Å². The summed E-state index contributed by atoms with van der Waals surface area (Å²) in [5.41, 5.74) is 2.21. The van der Waals surface area contributed by atoms with Gasteiger partial charge in [-0.2, -0.15) is 0 Å². The number of hydrogen-bond donors (Lipinski definition) is 1. The Morgan fingerprint density at radius 2 is 1.51 bits per heavy atom. The van der Waals surface area contributed by atoms with Gasteiger partial charge in [0.15, 0.2) is 0 Å². The smallest absolute Gasteiger partial charge is 0.264 e. The van der Waals surface area contributed by atoms with Crippen LogP contribution < -0.4 is 14.4 Å². The Kier molecular flexibility index (Phi) is 10.1. The zero-order valence-electron chi connectivity index (χ0n) is 23.1. The standard InChI is InChI=1S/C30H37N3O5S/c1-6-38-27-18-16-26(17-19-27)33(39(36,37)28-10-8-7-9-11-28)21-29(34)32(24(5)30(35)31-22(2)3)20-25-14-12-23(4)13-15-25/h7-19,22,24H,6,20-21H2,1-5H3,(H,31,35)/t24-/m0/s1. The third-order valence-corrected chi connectivity index (χ3v) is 7.91. The van der Waals surface area contributed by atoms with Gasteiger partial charge in [-0.3, -0.25) is 13.9 Å². The highest BCUT2D eigenvalue weighted by Crippen LogP contribution is 2.26. The maximum atomic E-state index is 13.9. The molecule has 208 valence electrons. The van der Waals surface area contributed by atoms with Gasteiger partial charge in [-0.05, 0) is 76.6 Å². The van der Waals surface area contributed by atoms with Crippen molar-refractivity contribution in [1.29, 1.82) is 0 Å². The van der Waals surface area contributed by atoms with Crippen LogP contribution in [0.5, 0.6) is 5.75 Å². The van der Waals surface area contributed by atoms with Crippen molar-refractivity contribution in [3.05, 3.63) is 90.0 Å². The van der Waals surface area contributed by atoms with E-state index in [-0.39, 0.29) is 23.4 Å². The zero-order chi connectivity index (χ0) is 28.6. The van der Waals surface area contributed by atoms with E-state index in [2.05, 4.69) is 5.32 Å². The lowest BCUT2D eigenvalue weighted by atomic mass is 10.1. The van der Waals surface area contributed by atoms with Crippen LogP contribution in [0.1, 0.15) is 38.8 Å². The van der Waals surface area contributed by atoms with E-state index in [1.165, 1.54) is 17.0 Å². The number of aryl methyl sites for hydroxylation is 1. The molecule has 0 heterocycles. The van der Waals surface area contributed by atoms with Gasteiger partial charge in [-0.15, -0.1) is 0 Å². The van der Waals surface area contributed by atoms with E-state index in [9.17, 15) is 18.0 Å². The fourth-order valence-electron chi connectivity index (χ4n) is 4.00.